The number of Topliss-reactive ketones (excluding diaryl/α,β-unsaturated/α-hetero) is 1. The summed E-state index contributed by atoms with van der Waals surface area (Å²) >= 11 is 5.65. The number of hydrogen-bond donors (Lipinski definition) is 2. The van der Waals surface area contributed by atoms with Crippen molar-refractivity contribution >= 4 is 17.4 Å². The average molecular weight is 215 g/mol. The molecule has 0 fully saturated rings. The molecule has 0 spiro atoms. The fourth-order valence-electron chi connectivity index (χ4n) is 1.06. The largest absolute Gasteiger partial charge is 0.385 e. The predicted octanol–water partition coefficient (Wildman–Crippen LogP) is 1.32. The highest BCUT2D eigenvalue weighted by Crippen LogP contribution is 2.19. The molecule has 0 aliphatic heterocycles. The van der Waals surface area contributed by atoms with Gasteiger partial charge >= 0.3 is 0 Å². The van der Waals surface area contributed by atoms with Gasteiger partial charge in [0.05, 0.1) is 0 Å². The molecule has 2 atom stereocenters. The minimum absolute atomic E-state index is 0.465. The van der Waals surface area contributed by atoms with Crippen LogP contribution in [0.1, 0.15) is 18.6 Å². The molecule has 0 heterocycles. The maximum Gasteiger partial charge on any atom is 0.161 e. The molecule has 1 aromatic carbocycles. The number of halogens is 1. The summed E-state index contributed by atoms with van der Waals surface area (Å²) in [6.07, 6.45) is -2.57. The van der Waals surface area contributed by atoms with E-state index in [2.05, 4.69) is 0 Å². The first-order valence-electron chi connectivity index (χ1n) is 4.14. The highest BCUT2D eigenvalue weighted by atomic mass is 35.5. The van der Waals surface area contributed by atoms with Gasteiger partial charge in [-0.3, -0.25) is 4.79 Å². The van der Waals surface area contributed by atoms with Crippen molar-refractivity contribution < 1.29 is 15.0 Å². The lowest BCUT2D eigenvalue weighted by molar-refractivity contribution is -0.130. The second-order valence-electron chi connectivity index (χ2n) is 3.05. The van der Waals surface area contributed by atoms with Gasteiger partial charge in [-0.2, -0.15) is 0 Å². The third kappa shape index (κ3) is 2.54. The van der Waals surface area contributed by atoms with E-state index >= 15 is 0 Å². The van der Waals surface area contributed by atoms with Crippen molar-refractivity contribution in [3.05, 3.63) is 34.9 Å². The lowest BCUT2D eigenvalue weighted by atomic mass is 10.0. The molecule has 0 saturated carbocycles. The second-order valence-corrected chi connectivity index (χ2v) is 3.49. The van der Waals surface area contributed by atoms with Crippen LogP contribution in [0.15, 0.2) is 24.3 Å². The molecule has 1 aromatic rings. The van der Waals surface area contributed by atoms with E-state index in [0.717, 1.165) is 0 Å². The van der Waals surface area contributed by atoms with Crippen molar-refractivity contribution in [2.45, 2.75) is 19.1 Å². The minimum atomic E-state index is -1.38. The van der Waals surface area contributed by atoms with Gasteiger partial charge in [-0.25, -0.2) is 0 Å². The molecule has 1 rings (SSSR count). The Morgan fingerprint density at radius 3 is 2.21 bits per heavy atom. The fourth-order valence-corrected chi connectivity index (χ4v) is 1.19. The molecule has 0 radical (unpaired) electrons. The number of carbonyl (C=O) groups excluding carboxylic acids is 1. The van der Waals surface area contributed by atoms with Gasteiger partial charge in [0.1, 0.15) is 12.2 Å². The van der Waals surface area contributed by atoms with E-state index in [0.29, 0.717) is 10.6 Å². The molecule has 0 saturated heterocycles. The molecule has 0 aliphatic carbocycles. The number of benzene rings is 1. The first-order chi connectivity index (χ1) is 6.52. The molecular formula is C10H11ClO3. The third-order valence-electron chi connectivity index (χ3n) is 1.93. The van der Waals surface area contributed by atoms with E-state index in [1.54, 1.807) is 24.3 Å². The Balaban J connectivity index is 2.84. The van der Waals surface area contributed by atoms with Crippen LogP contribution in [-0.4, -0.2) is 22.1 Å². The number of rotatable bonds is 3. The molecule has 0 amide bonds. The van der Waals surface area contributed by atoms with E-state index in [1.165, 1.54) is 6.92 Å². The van der Waals surface area contributed by atoms with Crippen LogP contribution in [0.5, 0.6) is 0 Å². The monoisotopic (exact) mass is 214 g/mol. The SMILES string of the molecule is CC(=O)C(O)C(O)c1ccc(Cl)cc1. The Labute approximate surface area is 86.9 Å². The van der Waals surface area contributed by atoms with Crippen molar-refractivity contribution in [2.75, 3.05) is 0 Å². The van der Waals surface area contributed by atoms with Gasteiger partial charge in [0.2, 0.25) is 0 Å². The van der Waals surface area contributed by atoms with Gasteiger partial charge in [-0.1, -0.05) is 23.7 Å². The maximum absolute atomic E-state index is 10.8. The molecule has 3 nitrogen and oxygen atoms in total. The van der Waals surface area contributed by atoms with Gasteiger partial charge in [-0.05, 0) is 24.6 Å². The maximum atomic E-state index is 10.8. The quantitative estimate of drug-likeness (QED) is 0.798. The molecule has 76 valence electrons. The van der Waals surface area contributed by atoms with E-state index in [-0.39, 0.29) is 0 Å². The molecule has 2 unspecified atom stereocenters. The van der Waals surface area contributed by atoms with Crippen LogP contribution >= 0.6 is 11.6 Å². The van der Waals surface area contributed by atoms with Crippen LogP contribution in [0.25, 0.3) is 0 Å². The second kappa shape index (κ2) is 4.55. The fraction of sp³-hybridized carbons (Fsp3) is 0.300. The summed E-state index contributed by atoms with van der Waals surface area (Å²) in [6, 6.07) is 6.32. The summed E-state index contributed by atoms with van der Waals surface area (Å²) < 4.78 is 0. The zero-order valence-electron chi connectivity index (χ0n) is 7.64. The van der Waals surface area contributed by atoms with Gasteiger partial charge in [0, 0.05) is 5.02 Å². The highest BCUT2D eigenvalue weighted by Gasteiger charge is 2.21. The molecular weight excluding hydrogens is 204 g/mol. The molecule has 0 aliphatic rings. The van der Waals surface area contributed by atoms with E-state index in [9.17, 15) is 15.0 Å². The van der Waals surface area contributed by atoms with Crippen molar-refractivity contribution in [3.63, 3.8) is 0 Å². The normalized spacial score (nSPS) is 14.9. The zero-order chi connectivity index (χ0) is 10.7. The van der Waals surface area contributed by atoms with Gasteiger partial charge < -0.3 is 10.2 Å². The van der Waals surface area contributed by atoms with Crippen LogP contribution in [0.4, 0.5) is 0 Å². The minimum Gasteiger partial charge on any atom is -0.385 e. The number of carbonyl (C=O) groups is 1. The summed E-state index contributed by atoms with van der Waals surface area (Å²) in [7, 11) is 0. The number of aliphatic hydroxyl groups is 2. The lowest BCUT2D eigenvalue weighted by Gasteiger charge is -2.15. The van der Waals surface area contributed by atoms with Crippen LogP contribution in [0.2, 0.25) is 5.02 Å². The van der Waals surface area contributed by atoms with Crippen LogP contribution < -0.4 is 0 Å². The van der Waals surface area contributed by atoms with Crippen LogP contribution in [0, 0.1) is 0 Å². The topological polar surface area (TPSA) is 57.5 Å². The first-order valence-corrected chi connectivity index (χ1v) is 4.52. The van der Waals surface area contributed by atoms with Crippen LogP contribution in [-0.2, 0) is 4.79 Å². The van der Waals surface area contributed by atoms with E-state index in [1.807, 2.05) is 0 Å². The molecule has 0 bridgehead atoms. The lowest BCUT2D eigenvalue weighted by Crippen LogP contribution is -2.25. The Hall–Kier alpha value is -0.900. The van der Waals surface area contributed by atoms with Gasteiger partial charge in [0.25, 0.3) is 0 Å². The first kappa shape index (κ1) is 11.2. The van der Waals surface area contributed by atoms with E-state index < -0.39 is 18.0 Å². The smallest absolute Gasteiger partial charge is 0.161 e. The standard InChI is InChI=1S/C10H11ClO3/c1-6(12)9(13)10(14)7-2-4-8(11)5-3-7/h2-5,9-10,13-14H,1H3. The molecule has 14 heavy (non-hydrogen) atoms. The Morgan fingerprint density at radius 2 is 1.79 bits per heavy atom. The predicted molar refractivity (Wildman–Crippen MR) is 53.1 cm³/mol. The Morgan fingerprint density at radius 1 is 1.29 bits per heavy atom. The van der Waals surface area contributed by atoms with Crippen molar-refractivity contribution in [1.29, 1.82) is 0 Å². The summed E-state index contributed by atoms with van der Waals surface area (Å²) in [5.41, 5.74) is 0.470. The zero-order valence-corrected chi connectivity index (χ0v) is 8.40. The van der Waals surface area contributed by atoms with Gasteiger partial charge in [0.15, 0.2) is 5.78 Å². The summed E-state index contributed by atoms with van der Waals surface area (Å²) in [4.78, 5) is 10.8. The molecule has 2 N–H and O–H groups in total. The van der Waals surface area contributed by atoms with E-state index in [4.69, 9.17) is 11.6 Å². The third-order valence-corrected chi connectivity index (χ3v) is 2.18. The number of hydrogen-bond acceptors (Lipinski definition) is 3. The Bertz CT molecular complexity index is 321. The Kier molecular flexibility index (Phi) is 3.63. The summed E-state index contributed by atoms with van der Waals surface area (Å²) in [6.45, 7) is 1.23. The van der Waals surface area contributed by atoms with Crippen molar-refractivity contribution in [2.24, 2.45) is 0 Å². The summed E-state index contributed by atoms with van der Waals surface area (Å²) in [5.74, 6) is -0.465. The molecule has 0 aromatic heterocycles. The highest BCUT2D eigenvalue weighted by molar-refractivity contribution is 6.30. The van der Waals surface area contributed by atoms with Gasteiger partial charge in [-0.15, -0.1) is 0 Å². The average Bonchev–Trinajstić information content (AvgIpc) is 2.16. The van der Waals surface area contributed by atoms with Crippen molar-refractivity contribution in [1.82, 2.24) is 0 Å². The molecule has 4 heteroatoms. The van der Waals surface area contributed by atoms with Crippen molar-refractivity contribution in [3.8, 4) is 0 Å². The number of aliphatic hydroxyl groups excluding tert-OH is 2. The summed E-state index contributed by atoms with van der Waals surface area (Å²) in [5, 5.41) is 19.4. The number of ketones is 1. The van der Waals surface area contributed by atoms with Crippen LogP contribution in [0.3, 0.4) is 0 Å².